The van der Waals surface area contributed by atoms with Crippen molar-refractivity contribution < 1.29 is 18.7 Å². The first-order chi connectivity index (χ1) is 15.2. The lowest BCUT2D eigenvalue weighted by molar-refractivity contribution is -0.123. The number of hydrogen-bond acceptors (Lipinski definition) is 8. The average Bonchev–Trinajstić information content (AvgIpc) is 3.21. The fourth-order valence-corrected chi connectivity index (χ4v) is 3.60. The number of fused-ring (bicyclic) bond motifs is 1. The van der Waals surface area contributed by atoms with E-state index >= 15 is 0 Å². The quantitative estimate of drug-likeness (QED) is 0.413. The Balaban J connectivity index is 1.39. The number of morpholine rings is 1. The normalized spacial score (nSPS) is 14.1. The molecular formula is C20H23FN6O3S. The van der Waals surface area contributed by atoms with Crippen LogP contribution in [-0.2, 0) is 16.1 Å². The summed E-state index contributed by atoms with van der Waals surface area (Å²) in [6.45, 7) is 3.36. The van der Waals surface area contributed by atoms with E-state index in [2.05, 4.69) is 25.3 Å². The molecule has 1 aliphatic heterocycles. The van der Waals surface area contributed by atoms with Gasteiger partial charge in [0.25, 0.3) is 5.91 Å². The lowest BCUT2D eigenvalue weighted by atomic mass is 10.3. The number of hydrogen-bond donors (Lipinski definition) is 1. The zero-order chi connectivity index (χ0) is 21.6. The molecule has 0 aliphatic carbocycles. The van der Waals surface area contributed by atoms with E-state index in [1.807, 2.05) is 6.26 Å². The minimum absolute atomic E-state index is 0.0488. The summed E-state index contributed by atoms with van der Waals surface area (Å²) in [5.41, 5.74) is 0.720. The van der Waals surface area contributed by atoms with Crippen molar-refractivity contribution in [2.24, 2.45) is 0 Å². The van der Waals surface area contributed by atoms with Crippen LogP contribution < -0.4 is 15.0 Å². The van der Waals surface area contributed by atoms with E-state index in [1.54, 1.807) is 23.0 Å². The maximum Gasteiger partial charge on any atom is 0.258 e. The second-order valence-corrected chi connectivity index (χ2v) is 7.58. The standard InChI is InChI=1S/C20H23FN6O3S/c1-31-20-24-18(26-8-10-29-11-9-26)14-12-23-27(19(14)25-20)7-6-22-17(28)13-30-16-5-3-2-4-15(16)21/h2-5,12H,6-11,13H2,1H3,(H,22,28). The van der Waals surface area contributed by atoms with Crippen LogP contribution in [0.1, 0.15) is 0 Å². The molecule has 0 unspecified atom stereocenters. The molecule has 0 radical (unpaired) electrons. The molecule has 3 heterocycles. The van der Waals surface area contributed by atoms with Crippen LogP contribution in [0.5, 0.6) is 5.75 Å². The van der Waals surface area contributed by atoms with Crippen LogP contribution in [0.4, 0.5) is 10.2 Å². The Morgan fingerprint density at radius 1 is 1.29 bits per heavy atom. The number of thioether (sulfide) groups is 1. The number of ether oxygens (including phenoxy) is 2. The molecule has 4 rings (SSSR count). The summed E-state index contributed by atoms with van der Waals surface area (Å²) in [5.74, 6) is 0.0608. The van der Waals surface area contributed by atoms with Gasteiger partial charge in [-0.05, 0) is 18.4 Å². The summed E-state index contributed by atoms with van der Waals surface area (Å²) in [6.07, 6.45) is 3.69. The van der Waals surface area contributed by atoms with Crippen LogP contribution in [-0.4, -0.2) is 71.4 Å². The van der Waals surface area contributed by atoms with Crippen molar-refractivity contribution in [1.29, 1.82) is 0 Å². The summed E-state index contributed by atoms with van der Waals surface area (Å²) in [6, 6.07) is 5.97. The minimum Gasteiger partial charge on any atom is -0.481 e. The molecule has 1 saturated heterocycles. The van der Waals surface area contributed by atoms with Gasteiger partial charge in [-0.25, -0.2) is 19.0 Å². The summed E-state index contributed by atoms with van der Waals surface area (Å²) < 4.78 is 26.0. The van der Waals surface area contributed by atoms with Gasteiger partial charge in [-0.1, -0.05) is 23.9 Å². The Labute approximate surface area is 182 Å². The van der Waals surface area contributed by atoms with Crippen molar-refractivity contribution in [3.8, 4) is 5.75 Å². The summed E-state index contributed by atoms with van der Waals surface area (Å²) in [4.78, 5) is 23.5. The number of carbonyl (C=O) groups excluding carboxylic acids is 1. The number of rotatable bonds is 8. The Kier molecular flexibility index (Phi) is 6.82. The highest BCUT2D eigenvalue weighted by Gasteiger charge is 2.20. The van der Waals surface area contributed by atoms with Crippen molar-refractivity contribution >= 4 is 34.5 Å². The third-order valence-electron chi connectivity index (χ3n) is 4.79. The fraction of sp³-hybridized carbons (Fsp3) is 0.400. The van der Waals surface area contributed by atoms with Crippen LogP contribution in [0.15, 0.2) is 35.6 Å². The van der Waals surface area contributed by atoms with Crippen molar-refractivity contribution in [3.63, 3.8) is 0 Å². The van der Waals surface area contributed by atoms with Crippen LogP contribution in [0.2, 0.25) is 0 Å². The van der Waals surface area contributed by atoms with E-state index < -0.39 is 5.82 Å². The Hall–Kier alpha value is -2.92. The Bertz CT molecular complexity index is 1060. The van der Waals surface area contributed by atoms with Gasteiger partial charge < -0.3 is 19.7 Å². The molecule has 1 N–H and O–H groups in total. The monoisotopic (exact) mass is 446 g/mol. The van der Waals surface area contributed by atoms with E-state index in [9.17, 15) is 9.18 Å². The van der Waals surface area contributed by atoms with Gasteiger partial charge in [0.05, 0.1) is 31.3 Å². The highest BCUT2D eigenvalue weighted by molar-refractivity contribution is 7.98. The number of anilines is 1. The number of aromatic nitrogens is 4. The lowest BCUT2D eigenvalue weighted by Crippen LogP contribution is -2.37. The van der Waals surface area contributed by atoms with E-state index in [0.717, 1.165) is 29.9 Å². The molecule has 1 aromatic carbocycles. The third kappa shape index (κ3) is 5.05. The van der Waals surface area contributed by atoms with Crippen LogP contribution in [0, 0.1) is 5.82 Å². The van der Waals surface area contributed by atoms with Crippen LogP contribution >= 0.6 is 11.8 Å². The number of nitrogens with zero attached hydrogens (tertiary/aromatic N) is 5. The summed E-state index contributed by atoms with van der Waals surface area (Å²) >= 11 is 1.47. The second-order valence-electron chi connectivity index (χ2n) is 6.81. The molecule has 0 spiro atoms. The number of carbonyl (C=O) groups is 1. The second kappa shape index (κ2) is 9.92. The van der Waals surface area contributed by atoms with Crippen molar-refractivity contribution in [3.05, 3.63) is 36.3 Å². The van der Waals surface area contributed by atoms with Gasteiger partial charge >= 0.3 is 0 Å². The molecule has 164 valence electrons. The molecule has 1 amide bonds. The smallest absolute Gasteiger partial charge is 0.258 e. The molecule has 0 saturated carbocycles. The molecule has 11 heteroatoms. The zero-order valence-electron chi connectivity index (χ0n) is 17.1. The first-order valence-electron chi connectivity index (χ1n) is 9.90. The van der Waals surface area contributed by atoms with E-state index in [0.29, 0.717) is 31.5 Å². The van der Waals surface area contributed by atoms with Gasteiger partial charge in [-0.15, -0.1) is 0 Å². The van der Waals surface area contributed by atoms with Gasteiger partial charge in [0, 0.05) is 19.6 Å². The third-order valence-corrected chi connectivity index (χ3v) is 5.34. The van der Waals surface area contributed by atoms with E-state index in [4.69, 9.17) is 9.47 Å². The lowest BCUT2D eigenvalue weighted by Gasteiger charge is -2.28. The van der Waals surface area contributed by atoms with Crippen molar-refractivity contribution in [2.75, 3.05) is 50.6 Å². The summed E-state index contributed by atoms with van der Waals surface area (Å²) in [5, 5.41) is 8.74. The topological polar surface area (TPSA) is 94.4 Å². The molecule has 9 nitrogen and oxygen atoms in total. The Morgan fingerprint density at radius 2 is 2.10 bits per heavy atom. The minimum atomic E-state index is -0.501. The predicted octanol–water partition coefficient (Wildman–Crippen LogP) is 1.72. The van der Waals surface area contributed by atoms with Gasteiger partial charge in [-0.3, -0.25) is 4.79 Å². The number of para-hydroxylation sites is 1. The Morgan fingerprint density at radius 3 is 2.87 bits per heavy atom. The molecule has 0 bridgehead atoms. The van der Waals surface area contributed by atoms with Crippen molar-refractivity contribution in [1.82, 2.24) is 25.1 Å². The SMILES string of the molecule is CSc1nc(N2CCOCC2)c2cnn(CCNC(=O)COc3ccccc3F)c2n1. The molecular weight excluding hydrogens is 423 g/mol. The molecule has 0 atom stereocenters. The number of halogens is 1. The van der Waals surface area contributed by atoms with Crippen LogP contribution in [0.25, 0.3) is 11.0 Å². The average molecular weight is 447 g/mol. The number of amides is 1. The van der Waals surface area contributed by atoms with Gasteiger partial charge in [0.1, 0.15) is 5.82 Å². The fourth-order valence-electron chi connectivity index (χ4n) is 3.25. The zero-order valence-corrected chi connectivity index (χ0v) is 17.9. The van der Waals surface area contributed by atoms with Gasteiger partial charge in [0.2, 0.25) is 0 Å². The molecule has 1 aliphatic rings. The molecule has 1 fully saturated rings. The molecule has 31 heavy (non-hydrogen) atoms. The predicted molar refractivity (Wildman–Crippen MR) is 115 cm³/mol. The summed E-state index contributed by atoms with van der Waals surface area (Å²) in [7, 11) is 0. The van der Waals surface area contributed by atoms with E-state index in [-0.39, 0.29) is 18.3 Å². The van der Waals surface area contributed by atoms with Crippen LogP contribution in [0.3, 0.4) is 0 Å². The number of benzene rings is 1. The van der Waals surface area contributed by atoms with Gasteiger partial charge in [-0.2, -0.15) is 5.10 Å². The van der Waals surface area contributed by atoms with E-state index in [1.165, 1.54) is 23.9 Å². The maximum atomic E-state index is 13.6. The maximum absolute atomic E-state index is 13.6. The number of nitrogens with one attached hydrogen (secondary N) is 1. The highest BCUT2D eigenvalue weighted by Crippen LogP contribution is 2.27. The highest BCUT2D eigenvalue weighted by atomic mass is 32.2. The largest absolute Gasteiger partial charge is 0.481 e. The first kappa shape index (κ1) is 21.3. The first-order valence-corrected chi connectivity index (χ1v) is 11.1. The molecule has 3 aromatic rings. The molecule has 2 aromatic heterocycles. The van der Waals surface area contributed by atoms with Crippen molar-refractivity contribution in [2.45, 2.75) is 11.7 Å². The van der Waals surface area contributed by atoms with Gasteiger partial charge in [0.15, 0.2) is 29.0 Å².